The quantitative estimate of drug-likeness (QED) is 0.901. The fourth-order valence-electron chi connectivity index (χ4n) is 2.60. The van der Waals surface area contributed by atoms with Crippen molar-refractivity contribution in [2.45, 2.75) is 20.8 Å². The topological polar surface area (TPSA) is 30.9 Å². The van der Waals surface area contributed by atoms with Gasteiger partial charge in [-0.25, -0.2) is 9.38 Å². The second-order valence-electron chi connectivity index (χ2n) is 5.51. The second kappa shape index (κ2) is 7.42. The van der Waals surface area contributed by atoms with Crippen molar-refractivity contribution in [1.82, 2.24) is 10.2 Å². The molecule has 0 aromatic heterocycles. The maximum Gasteiger partial charge on any atom is 0.153 e. The van der Waals surface area contributed by atoms with E-state index < -0.39 is 0 Å². The van der Waals surface area contributed by atoms with E-state index in [1.807, 2.05) is 37.2 Å². The minimum atomic E-state index is -0.238. The van der Waals surface area contributed by atoms with Crippen molar-refractivity contribution < 1.29 is 4.39 Å². The zero-order valence-corrected chi connectivity index (χ0v) is 14.4. The third-order valence-corrected chi connectivity index (χ3v) is 3.90. The summed E-state index contributed by atoms with van der Waals surface area (Å²) in [6.07, 6.45) is 3.89. The van der Waals surface area contributed by atoms with E-state index in [0.29, 0.717) is 11.3 Å². The lowest BCUT2D eigenvalue weighted by Gasteiger charge is -2.35. The molecular formula is C18H25FN4. The predicted octanol–water partition coefficient (Wildman–Crippen LogP) is 3.57. The van der Waals surface area contributed by atoms with Crippen molar-refractivity contribution in [2.75, 3.05) is 31.6 Å². The Bertz CT molecular complexity index is 649. The first-order valence-electron chi connectivity index (χ1n) is 7.93. The lowest BCUT2D eigenvalue weighted by Crippen LogP contribution is -2.41. The number of amidine groups is 1. The number of aryl methyl sites for hydroxylation is 1. The summed E-state index contributed by atoms with van der Waals surface area (Å²) in [4.78, 5) is 8.81. The first-order chi connectivity index (χ1) is 11.0. The summed E-state index contributed by atoms with van der Waals surface area (Å²) < 4.78 is 14.0. The average molecular weight is 316 g/mol. The van der Waals surface area contributed by atoms with Crippen LogP contribution >= 0.6 is 0 Å². The number of nitrogens with zero attached hydrogens (tertiary/aromatic N) is 3. The monoisotopic (exact) mass is 316 g/mol. The van der Waals surface area contributed by atoms with Gasteiger partial charge < -0.3 is 15.1 Å². The van der Waals surface area contributed by atoms with E-state index in [4.69, 9.17) is 0 Å². The number of benzene rings is 1. The van der Waals surface area contributed by atoms with Crippen LogP contribution in [0.25, 0.3) is 0 Å². The molecule has 0 unspecified atom stereocenters. The van der Waals surface area contributed by atoms with Crippen LogP contribution in [0.3, 0.4) is 0 Å². The smallest absolute Gasteiger partial charge is 0.153 e. The number of fused-ring (bicyclic) bond motifs is 1. The first kappa shape index (κ1) is 17.2. The van der Waals surface area contributed by atoms with Gasteiger partial charge in [0.05, 0.1) is 17.1 Å². The van der Waals surface area contributed by atoms with Gasteiger partial charge in [-0.2, -0.15) is 0 Å². The number of anilines is 1. The molecule has 0 fully saturated rings. The van der Waals surface area contributed by atoms with E-state index in [-0.39, 0.29) is 5.82 Å². The van der Waals surface area contributed by atoms with Gasteiger partial charge in [-0.05, 0) is 39.4 Å². The molecule has 124 valence electrons. The van der Waals surface area contributed by atoms with E-state index in [2.05, 4.69) is 28.7 Å². The van der Waals surface area contributed by atoms with Gasteiger partial charge in [0.1, 0.15) is 5.82 Å². The summed E-state index contributed by atoms with van der Waals surface area (Å²) in [5.41, 5.74) is 2.91. The molecule has 0 radical (unpaired) electrons. The molecule has 5 heteroatoms. The number of allylic oxidation sites excluding steroid dienone is 1. The molecule has 1 aromatic rings. The number of rotatable bonds is 5. The van der Waals surface area contributed by atoms with Crippen LogP contribution in [0.4, 0.5) is 15.8 Å². The molecular weight excluding hydrogens is 291 g/mol. The number of likely N-dealkylation sites (N-methyl/N-ethyl adjacent to an activating group) is 2. The highest BCUT2D eigenvalue weighted by atomic mass is 19.1. The fourth-order valence-corrected chi connectivity index (χ4v) is 2.60. The minimum Gasteiger partial charge on any atom is -0.354 e. The Morgan fingerprint density at radius 3 is 2.78 bits per heavy atom. The Morgan fingerprint density at radius 1 is 1.43 bits per heavy atom. The molecule has 1 aliphatic heterocycles. The van der Waals surface area contributed by atoms with Crippen LogP contribution in [0.1, 0.15) is 19.4 Å². The summed E-state index contributed by atoms with van der Waals surface area (Å²) >= 11 is 0. The first-order valence-corrected chi connectivity index (χ1v) is 7.93. The molecule has 1 heterocycles. The molecule has 0 bridgehead atoms. The summed E-state index contributed by atoms with van der Waals surface area (Å²) in [6.45, 7) is 12.5. The van der Waals surface area contributed by atoms with Crippen LogP contribution in [-0.2, 0) is 0 Å². The molecule has 0 aliphatic carbocycles. The van der Waals surface area contributed by atoms with Gasteiger partial charge in [0.2, 0.25) is 0 Å². The number of nitrogens with one attached hydrogen (secondary N) is 1. The van der Waals surface area contributed by atoms with E-state index in [1.165, 1.54) is 6.07 Å². The van der Waals surface area contributed by atoms with Gasteiger partial charge in [-0.1, -0.05) is 12.7 Å². The molecule has 0 amide bonds. The van der Waals surface area contributed by atoms with Crippen molar-refractivity contribution in [2.24, 2.45) is 4.99 Å². The molecule has 1 aromatic carbocycles. The Hall–Kier alpha value is -2.14. The normalized spacial score (nSPS) is 14.2. The largest absolute Gasteiger partial charge is 0.354 e. The zero-order valence-electron chi connectivity index (χ0n) is 14.4. The van der Waals surface area contributed by atoms with E-state index in [9.17, 15) is 4.39 Å². The van der Waals surface area contributed by atoms with E-state index in [1.54, 1.807) is 6.92 Å². The van der Waals surface area contributed by atoms with Crippen molar-refractivity contribution >= 4 is 17.2 Å². The Labute approximate surface area is 138 Å². The molecule has 1 aliphatic rings. The lowest BCUT2D eigenvalue weighted by atomic mass is 10.1. The third kappa shape index (κ3) is 3.45. The second-order valence-corrected chi connectivity index (χ2v) is 5.51. The van der Waals surface area contributed by atoms with Gasteiger partial charge in [0, 0.05) is 31.9 Å². The number of hydrogen-bond donors (Lipinski definition) is 1. The average Bonchev–Trinajstić information content (AvgIpc) is 2.53. The number of aliphatic imine (C=N–C) groups is 1. The third-order valence-electron chi connectivity index (χ3n) is 3.90. The Kier molecular flexibility index (Phi) is 5.55. The van der Waals surface area contributed by atoms with E-state index >= 15 is 0 Å². The highest BCUT2D eigenvalue weighted by molar-refractivity contribution is 6.06. The summed E-state index contributed by atoms with van der Waals surface area (Å²) in [5, 5.41) is 3.14. The van der Waals surface area contributed by atoms with Crippen LogP contribution in [0.15, 0.2) is 41.7 Å². The SMILES string of the molecule is C=C1C(N(CC)CCNC)=Nc2cc(F)c(C)cc2N1/C=C\C. The van der Waals surface area contributed by atoms with Crippen molar-refractivity contribution in [3.05, 3.63) is 48.1 Å². The van der Waals surface area contributed by atoms with Gasteiger partial charge >= 0.3 is 0 Å². The molecule has 2 rings (SSSR count). The van der Waals surface area contributed by atoms with Gasteiger partial charge in [0.25, 0.3) is 0 Å². The molecule has 1 N–H and O–H groups in total. The Morgan fingerprint density at radius 2 is 2.17 bits per heavy atom. The summed E-state index contributed by atoms with van der Waals surface area (Å²) in [6, 6.07) is 3.32. The number of halogens is 1. The van der Waals surface area contributed by atoms with E-state index in [0.717, 1.165) is 36.9 Å². The summed E-state index contributed by atoms with van der Waals surface area (Å²) in [7, 11) is 1.92. The van der Waals surface area contributed by atoms with Crippen molar-refractivity contribution in [3.8, 4) is 0 Å². The predicted molar refractivity (Wildman–Crippen MR) is 95.8 cm³/mol. The maximum absolute atomic E-state index is 14.0. The summed E-state index contributed by atoms with van der Waals surface area (Å²) in [5.74, 6) is 0.551. The molecule has 23 heavy (non-hydrogen) atoms. The van der Waals surface area contributed by atoms with Crippen molar-refractivity contribution in [3.63, 3.8) is 0 Å². The van der Waals surface area contributed by atoms with Crippen LogP contribution in [0, 0.1) is 12.7 Å². The van der Waals surface area contributed by atoms with Gasteiger partial charge in [-0.15, -0.1) is 0 Å². The fraction of sp³-hybridized carbons (Fsp3) is 0.389. The lowest BCUT2D eigenvalue weighted by molar-refractivity contribution is 0.436. The van der Waals surface area contributed by atoms with Gasteiger partial charge in [-0.3, -0.25) is 0 Å². The zero-order chi connectivity index (χ0) is 17.0. The van der Waals surface area contributed by atoms with Crippen LogP contribution < -0.4 is 10.2 Å². The standard InChI is InChI=1S/C18H25FN4/c1-6-9-23-14(4)18(22(7-2)10-8-20-5)21-16-12-15(19)13(3)11-17(16)23/h6,9,11-12,20H,4,7-8,10H2,1-3,5H3/b9-6-. The number of hydrogen-bond acceptors (Lipinski definition) is 4. The molecule has 0 atom stereocenters. The van der Waals surface area contributed by atoms with Gasteiger partial charge in [0.15, 0.2) is 5.84 Å². The maximum atomic E-state index is 14.0. The minimum absolute atomic E-state index is 0.238. The van der Waals surface area contributed by atoms with Crippen LogP contribution in [0.2, 0.25) is 0 Å². The van der Waals surface area contributed by atoms with Crippen LogP contribution in [0.5, 0.6) is 0 Å². The Balaban J connectivity index is 2.53. The molecule has 4 nitrogen and oxygen atoms in total. The molecule has 0 saturated carbocycles. The molecule has 0 saturated heterocycles. The molecule has 0 spiro atoms. The van der Waals surface area contributed by atoms with Crippen molar-refractivity contribution in [1.29, 1.82) is 0 Å². The highest BCUT2D eigenvalue weighted by Gasteiger charge is 2.26. The van der Waals surface area contributed by atoms with Crippen LogP contribution in [-0.4, -0.2) is 37.4 Å². The highest BCUT2D eigenvalue weighted by Crippen LogP contribution is 2.38.